The first kappa shape index (κ1) is 16.5. The molecule has 0 unspecified atom stereocenters. The van der Waals surface area contributed by atoms with Gasteiger partial charge in [-0.15, -0.1) is 0 Å². The largest absolute Gasteiger partial charge is 0.497 e. The lowest BCUT2D eigenvalue weighted by Gasteiger charge is -2.36. The van der Waals surface area contributed by atoms with Gasteiger partial charge in [0, 0.05) is 37.9 Å². The van der Waals surface area contributed by atoms with Crippen molar-refractivity contribution in [1.29, 1.82) is 0 Å². The molecule has 24 heavy (non-hydrogen) atoms. The molecule has 0 saturated carbocycles. The summed E-state index contributed by atoms with van der Waals surface area (Å²) >= 11 is 6.25. The maximum atomic E-state index is 12.4. The molecule has 1 fully saturated rings. The highest BCUT2D eigenvalue weighted by atomic mass is 35.5. The minimum absolute atomic E-state index is 0.0953. The Bertz CT molecular complexity index is 715. The molecule has 1 aliphatic rings. The van der Waals surface area contributed by atoms with E-state index < -0.39 is 0 Å². The van der Waals surface area contributed by atoms with E-state index in [9.17, 15) is 4.79 Å². The van der Waals surface area contributed by atoms with Crippen molar-refractivity contribution in [2.24, 2.45) is 0 Å². The summed E-state index contributed by atoms with van der Waals surface area (Å²) in [6, 6.07) is 15.0. The van der Waals surface area contributed by atoms with Crippen molar-refractivity contribution in [3.63, 3.8) is 0 Å². The number of carbonyl (C=O) groups excluding carboxylic acids is 1. The second-order valence-corrected chi connectivity index (χ2v) is 5.99. The van der Waals surface area contributed by atoms with E-state index in [2.05, 4.69) is 10.2 Å². The van der Waals surface area contributed by atoms with Crippen LogP contribution in [-0.4, -0.2) is 44.2 Å². The van der Waals surface area contributed by atoms with Crippen LogP contribution in [-0.2, 0) is 0 Å². The smallest absolute Gasteiger partial charge is 0.321 e. The van der Waals surface area contributed by atoms with Crippen LogP contribution in [0.25, 0.3) is 0 Å². The van der Waals surface area contributed by atoms with Crippen LogP contribution in [0, 0.1) is 0 Å². The van der Waals surface area contributed by atoms with Gasteiger partial charge in [-0.3, -0.25) is 0 Å². The zero-order valence-corrected chi connectivity index (χ0v) is 14.3. The van der Waals surface area contributed by atoms with Crippen LogP contribution in [0.2, 0.25) is 5.02 Å². The molecule has 126 valence electrons. The van der Waals surface area contributed by atoms with Crippen molar-refractivity contribution < 1.29 is 9.53 Å². The van der Waals surface area contributed by atoms with Gasteiger partial charge in [0.15, 0.2) is 0 Å². The number of nitrogens with zero attached hydrogens (tertiary/aromatic N) is 2. The highest BCUT2D eigenvalue weighted by Gasteiger charge is 2.22. The number of hydrogen-bond donors (Lipinski definition) is 1. The van der Waals surface area contributed by atoms with Crippen molar-refractivity contribution >= 4 is 29.0 Å². The van der Waals surface area contributed by atoms with Crippen molar-refractivity contribution in [2.75, 3.05) is 43.5 Å². The fourth-order valence-electron chi connectivity index (χ4n) is 2.76. The first-order chi connectivity index (χ1) is 11.7. The zero-order chi connectivity index (χ0) is 16.9. The summed E-state index contributed by atoms with van der Waals surface area (Å²) in [5.41, 5.74) is 1.75. The van der Waals surface area contributed by atoms with E-state index in [1.807, 2.05) is 47.4 Å². The first-order valence-corrected chi connectivity index (χ1v) is 8.24. The molecular formula is C18H20ClN3O2. The summed E-state index contributed by atoms with van der Waals surface area (Å²) in [6.07, 6.45) is 0. The Kier molecular flexibility index (Phi) is 5.11. The van der Waals surface area contributed by atoms with Crippen molar-refractivity contribution in [3.8, 4) is 5.75 Å². The van der Waals surface area contributed by atoms with Gasteiger partial charge in [-0.1, -0.05) is 29.8 Å². The third-order valence-electron chi connectivity index (χ3n) is 4.08. The Morgan fingerprint density at radius 2 is 1.83 bits per heavy atom. The molecular weight excluding hydrogens is 326 g/mol. The predicted octanol–water partition coefficient (Wildman–Crippen LogP) is 3.70. The molecule has 1 heterocycles. The summed E-state index contributed by atoms with van der Waals surface area (Å²) in [5, 5.41) is 3.66. The van der Waals surface area contributed by atoms with Crippen LogP contribution in [0.4, 0.5) is 16.2 Å². The Balaban J connectivity index is 1.58. The van der Waals surface area contributed by atoms with Gasteiger partial charge >= 0.3 is 6.03 Å². The number of anilines is 2. The van der Waals surface area contributed by atoms with Gasteiger partial charge in [0.25, 0.3) is 0 Å². The molecule has 3 rings (SSSR count). The van der Waals surface area contributed by atoms with Gasteiger partial charge in [-0.2, -0.15) is 0 Å². The lowest BCUT2D eigenvalue weighted by Crippen LogP contribution is -2.50. The van der Waals surface area contributed by atoms with Crippen LogP contribution in [0.3, 0.4) is 0 Å². The van der Waals surface area contributed by atoms with Gasteiger partial charge < -0.3 is 19.9 Å². The topological polar surface area (TPSA) is 44.8 Å². The van der Waals surface area contributed by atoms with Crippen LogP contribution < -0.4 is 15.0 Å². The molecule has 2 aromatic carbocycles. The van der Waals surface area contributed by atoms with Crippen LogP contribution in [0.15, 0.2) is 48.5 Å². The van der Waals surface area contributed by atoms with Gasteiger partial charge in [0.2, 0.25) is 0 Å². The number of amides is 2. The number of para-hydroxylation sites is 1. The summed E-state index contributed by atoms with van der Waals surface area (Å²) in [6.45, 7) is 2.83. The lowest BCUT2D eigenvalue weighted by molar-refractivity contribution is 0.208. The van der Waals surface area contributed by atoms with Gasteiger partial charge in [0.05, 0.1) is 17.8 Å². The average molecular weight is 346 g/mol. The number of urea groups is 1. The van der Waals surface area contributed by atoms with Crippen molar-refractivity contribution in [3.05, 3.63) is 53.6 Å². The minimum atomic E-state index is -0.0953. The molecule has 1 saturated heterocycles. The Morgan fingerprint density at radius 1 is 1.08 bits per heavy atom. The van der Waals surface area contributed by atoms with Crippen LogP contribution >= 0.6 is 11.6 Å². The monoisotopic (exact) mass is 345 g/mol. The third-order valence-corrected chi connectivity index (χ3v) is 4.40. The summed E-state index contributed by atoms with van der Waals surface area (Å²) < 4.78 is 5.17. The number of hydrogen-bond acceptors (Lipinski definition) is 3. The van der Waals surface area contributed by atoms with E-state index in [1.54, 1.807) is 13.2 Å². The molecule has 0 bridgehead atoms. The third kappa shape index (κ3) is 3.74. The fourth-order valence-corrected chi connectivity index (χ4v) is 3.02. The second kappa shape index (κ2) is 7.45. The highest BCUT2D eigenvalue weighted by molar-refractivity contribution is 6.33. The number of nitrogens with one attached hydrogen (secondary N) is 1. The van der Waals surface area contributed by atoms with Gasteiger partial charge in [0.1, 0.15) is 5.75 Å². The molecule has 0 atom stereocenters. The molecule has 0 aliphatic carbocycles. The van der Waals surface area contributed by atoms with E-state index in [0.717, 1.165) is 35.2 Å². The van der Waals surface area contributed by atoms with Crippen LogP contribution in [0.1, 0.15) is 0 Å². The van der Waals surface area contributed by atoms with Crippen molar-refractivity contribution in [2.45, 2.75) is 0 Å². The number of halogens is 1. The number of rotatable bonds is 3. The number of benzene rings is 2. The summed E-state index contributed by atoms with van der Waals surface area (Å²) in [7, 11) is 1.61. The number of carbonyl (C=O) groups is 1. The number of methoxy groups -OCH3 is 1. The molecule has 5 nitrogen and oxygen atoms in total. The lowest BCUT2D eigenvalue weighted by atomic mass is 10.2. The van der Waals surface area contributed by atoms with E-state index in [0.29, 0.717) is 13.1 Å². The standard InChI is InChI=1S/C18H20ClN3O2/c1-24-15-6-4-5-14(13-15)20-18(23)22-11-9-21(10-12-22)17-8-3-2-7-16(17)19/h2-8,13H,9-12H2,1H3,(H,20,23). The fraction of sp³-hybridized carbons (Fsp3) is 0.278. The van der Waals surface area contributed by atoms with E-state index in [-0.39, 0.29) is 6.03 Å². The maximum Gasteiger partial charge on any atom is 0.321 e. The molecule has 2 aromatic rings. The summed E-state index contributed by atoms with van der Waals surface area (Å²) in [5.74, 6) is 0.719. The van der Waals surface area contributed by atoms with E-state index >= 15 is 0 Å². The molecule has 0 radical (unpaired) electrons. The predicted molar refractivity (Wildman–Crippen MR) is 97.3 cm³/mol. The van der Waals surface area contributed by atoms with E-state index in [1.165, 1.54) is 0 Å². The van der Waals surface area contributed by atoms with Crippen LogP contribution in [0.5, 0.6) is 5.75 Å². The first-order valence-electron chi connectivity index (χ1n) is 7.87. The molecule has 2 amide bonds. The average Bonchev–Trinajstić information content (AvgIpc) is 2.62. The van der Waals surface area contributed by atoms with Crippen molar-refractivity contribution in [1.82, 2.24) is 4.90 Å². The highest BCUT2D eigenvalue weighted by Crippen LogP contribution is 2.26. The van der Waals surface area contributed by atoms with E-state index in [4.69, 9.17) is 16.3 Å². The summed E-state index contributed by atoms with van der Waals surface area (Å²) in [4.78, 5) is 16.4. The Labute approximate surface area is 146 Å². The zero-order valence-electron chi connectivity index (χ0n) is 13.5. The minimum Gasteiger partial charge on any atom is -0.497 e. The number of piperazine rings is 1. The number of ether oxygens (including phenoxy) is 1. The quantitative estimate of drug-likeness (QED) is 0.922. The van der Waals surface area contributed by atoms with Gasteiger partial charge in [-0.05, 0) is 24.3 Å². The molecule has 1 aliphatic heterocycles. The normalized spacial score (nSPS) is 14.4. The Morgan fingerprint density at radius 3 is 2.54 bits per heavy atom. The van der Waals surface area contributed by atoms with Gasteiger partial charge in [-0.25, -0.2) is 4.79 Å². The molecule has 6 heteroatoms. The molecule has 1 N–H and O–H groups in total. The second-order valence-electron chi connectivity index (χ2n) is 5.59. The SMILES string of the molecule is COc1cccc(NC(=O)N2CCN(c3ccccc3Cl)CC2)c1. The molecule has 0 spiro atoms. The molecule has 0 aromatic heterocycles. The Hall–Kier alpha value is -2.40. The maximum absolute atomic E-state index is 12.4.